The number of carbonyl (C=O) groups excluding carboxylic acids is 2. The van der Waals surface area contributed by atoms with Crippen LogP contribution in [0.4, 0.5) is 4.79 Å². The van der Waals surface area contributed by atoms with Crippen LogP contribution >= 0.6 is 0 Å². The van der Waals surface area contributed by atoms with E-state index in [1.807, 2.05) is 54.6 Å². The quantitative estimate of drug-likeness (QED) is 0.451. The van der Waals surface area contributed by atoms with Crippen LogP contribution in [0, 0.1) is 0 Å². The Hall–Kier alpha value is -4.26. The molecule has 1 atom stereocenters. The highest BCUT2D eigenvalue weighted by atomic mass is 16.5. The van der Waals surface area contributed by atoms with E-state index in [0.29, 0.717) is 34.9 Å². The molecule has 0 aromatic heterocycles. The lowest BCUT2D eigenvalue weighted by Crippen LogP contribution is -2.45. The zero-order valence-corrected chi connectivity index (χ0v) is 19.9. The summed E-state index contributed by atoms with van der Waals surface area (Å²) in [6.07, 6.45) is -0.320. The van der Waals surface area contributed by atoms with E-state index >= 15 is 0 Å². The van der Waals surface area contributed by atoms with Crippen molar-refractivity contribution < 1.29 is 23.8 Å². The highest BCUT2D eigenvalue weighted by Gasteiger charge is 2.34. The van der Waals surface area contributed by atoms with Gasteiger partial charge in [-0.25, -0.2) is 9.59 Å². The van der Waals surface area contributed by atoms with E-state index in [4.69, 9.17) is 14.2 Å². The van der Waals surface area contributed by atoms with Gasteiger partial charge in [0.05, 0.1) is 30.5 Å². The van der Waals surface area contributed by atoms with Crippen molar-refractivity contribution in [3.8, 4) is 11.5 Å². The van der Waals surface area contributed by atoms with Gasteiger partial charge in [-0.15, -0.1) is 0 Å². The van der Waals surface area contributed by atoms with E-state index in [9.17, 15) is 9.59 Å². The summed E-state index contributed by atoms with van der Waals surface area (Å²) < 4.78 is 16.7. The van der Waals surface area contributed by atoms with Gasteiger partial charge in [0.15, 0.2) is 0 Å². The number of ether oxygens (including phenoxy) is 3. The molecule has 7 heteroatoms. The molecule has 1 unspecified atom stereocenters. The maximum absolute atomic E-state index is 13.2. The lowest BCUT2D eigenvalue weighted by molar-refractivity contribution is -0.143. The Morgan fingerprint density at radius 1 is 0.914 bits per heavy atom. The summed E-state index contributed by atoms with van der Waals surface area (Å²) in [7, 11) is 1.58. The summed E-state index contributed by atoms with van der Waals surface area (Å²) in [5.41, 5.74) is 3.18. The first-order valence-corrected chi connectivity index (χ1v) is 11.4. The minimum absolute atomic E-state index is 0.320. The van der Waals surface area contributed by atoms with Crippen LogP contribution in [0.3, 0.4) is 0 Å². The van der Waals surface area contributed by atoms with E-state index in [-0.39, 0.29) is 6.10 Å². The third-order valence-electron chi connectivity index (χ3n) is 5.48. The number of urea groups is 1. The number of hydrogen-bond donors (Lipinski definition) is 2. The van der Waals surface area contributed by atoms with Gasteiger partial charge in [0.1, 0.15) is 18.1 Å². The van der Waals surface area contributed by atoms with Gasteiger partial charge in [-0.1, -0.05) is 42.5 Å². The van der Waals surface area contributed by atoms with Crippen molar-refractivity contribution in [3.05, 3.63) is 101 Å². The monoisotopic (exact) mass is 472 g/mol. The van der Waals surface area contributed by atoms with Crippen LogP contribution in [0.2, 0.25) is 0 Å². The van der Waals surface area contributed by atoms with E-state index in [1.54, 1.807) is 45.2 Å². The second kappa shape index (κ2) is 10.8. The van der Waals surface area contributed by atoms with Gasteiger partial charge in [0, 0.05) is 0 Å². The number of methoxy groups -OCH3 is 1. The standard InChI is InChI=1S/C28H28N2O5/c1-18(2)35-27(31)24-25(20-9-13-22(33-3)14-10-20)29-28(32)30-26(24)21-11-15-23(16-12-21)34-17-19-7-5-4-6-8-19/h4-16,18,26H,17H2,1-3H3,(H2,29,30,32). The highest BCUT2D eigenvalue weighted by Crippen LogP contribution is 2.33. The van der Waals surface area contributed by atoms with Gasteiger partial charge < -0.3 is 24.8 Å². The predicted molar refractivity (Wildman–Crippen MR) is 133 cm³/mol. The molecule has 0 aliphatic carbocycles. The summed E-state index contributed by atoms with van der Waals surface area (Å²) >= 11 is 0. The molecule has 4 rings (SSSR count). The summed E-state index contributed by atoms with van der Waals surface area (Å²) in [5, 5.41) is 5.65. The average Bonchev–Trinajstić information content (AvgIpc) is 2.87. The summed E-state index contributed by atoms with van der Waals surface area (Å²) in [4.78, 5) is 25.8. The molecule has 3 aromatic carbocycles. The molecule has 1 heterocycles. The normalized spacial score (nSPS) is 15.3. The maximum atomic E-state index is 13.2. The van der Waals surface area contributed by atoms with Crippen LogP contribution in [-0.2, 0) is 16.1 Å². The SMILES string of the molecule is COc1ccc(C2=C(C(=O)OC(C)C)C(c3ccc(OCc4ccccc4)cc3)NC(=O)N2)cc1. The molecular weight excluding hydrogens is 444 g/mol. The Morgan fingerprint density at radius 2 is 1.57 bits per heavy atom. The van der Waals surface area contributed by atoms with Crippen molar-refractivity contribution in [2.45, 2.75) is 32.6 Å². The molecule has 7 nitrogen and oxygen atoms in total. The molecular formula is C28H28N2O5. The molecule has 2 amide bonds. The van der Waals surface area contributed by atoms with Crippen molar-refractivity contribution in [1.29, 1.82) is 0 Å². The lowest BCUT2D eigenvalue weighted by atomic mass is 9.92. The molecule has 0 fully saturated rings. The van der Waals surface area contributed by atoms with E-state index in [1.165, 1.54) is 0 Å². The largest absolute Gasteiger partial charge is 0.497 e. The van der Waals surface area contributed by atoms with Crippen LogP contribution in [-0.4, -0.2) is 25.2 Å². The molecule has 35 heavy (non-hydrogen) atoms. The minimum atomic E-state index is -0.699. The van der Waals surface area contributed by atoms with Crippen LogP contribution in [0.1, 0.15) is 36.6 Å². The second-order valence-electron chi connectivity index (χ2n) is 8.35. The van der Waals surface area contributed by atoms with Crippen LogP contribution < -0.4 is 20.1 Å². The van der Waals surface area contributed by atoms with Gasteiger partial charge in [-0.05, 0) is 66.9 Å². The van der Waals surface area contributed by atoms with Crippen LogP contribution in [0.15, 0.2) is 84.4 Å². The second-order valence-corrected chi connectivity index (χ2v) is 8.35. The fraction of sp³-hybridized carbons (Fsp3) is 0.214. The Balaban J connectivity index is 1.66. The topological polar surface area (TPSA) is 85.9 Å². The van der Waals surface area contributed by atoms with E-state index in [0.717, 1.165) is 11.1 Å². The Labute approximate surface area is 204 Å². The van der Waals surface area contributed by atoms with Gasteiger partial charge in [-0.2, -0.15) is 0 Å². The number of hydrogen-bond acceptors (Lipinski definition) is 5. The third-order valence-corrected chi connectivity index (χ3v) is 5.48. The molecule has 1 aliphatic heterocycles. The van der Waals surface area contributed by atoms with Crippen molar-refractivity contribution >= 4 is 17.7 Å². The van der Waals surface area contributed by atoms with Crippen molar-refractivity contribution in [2.75, 3.05) is 7.11 Å². The fourth-order valence-corrected chi connectivity index (χ4v) is 3.79. The number of nitrogens with one attached hydrogen (secondary N) is 2. The Kier molecular flexibility index (Phi) is 7.35. The van der Waals surface area contributed by atoms with Crippen molar-refractivity contribution in [1.82, 2.24) is 10.6 Å². The summed E-state index contributed by atoms with van der Waals surface area (Å²) in [6.45, 7) is 4.01. The summed E-state index contributed by atoms with van der Waals surface area (Å²) in [6, 6.07) is 23.2. The van der Waals surface area contributed by atoms with E-state index < -0.39 is 18.0 Å². The molecule has 2 N–H and O–H groups in total. The molecule has 0 saturated carbocycles. The van der Waals surface area contributed by atoms with Gasteiger partial charge >= 0.3 is 12.0 Å². The number of benzene rings is 3. The Bertz CT molecular complexity index is 1200. The number of rotatable bonds is 8. The smallest absolute Gasteiger partial charge is 0.338 e. The first-order chi connectivity index (χ1) is 16.9. The molecule has 0 radical (unpaired) electrons. The molecule has 3 aromatic rings. The van der Waals surface area contributed by atoms with Gasteiger partial charge in [0.25, 0.3) is 0 Å². The number of amides is 2. The fourth-order valence-electron chi connectivity index (χ4n) is 3.79. The minimum Gasteiger partial charge on any atom is -0.497 e. The molecule has 0 spiro atoms. The Morgan fingerprint density at radius 3 is 2.20 bits per heavy atom. The zero-order valence-electron chi connectivity index (χ0n) is 19.9. The van der Waals surface area contributed by atoms with Crippen molar-refractivity contribution in [3.63, 3.8) is 0 Å². The summed E-state index contributed by atoms with van der Waals surface area (Å²) in [5.74, 6) is 0.847. The average molecular weight is 473 g/mol. The predicted octanol–water partition coefficient (Wildman–Crippen LogP) is 4.99. The van der Waals surface area contributed by atoms with Gasteiger partial charge in [0.2, 0.25) is 0 Å². The highest BCUT2D eigenvalue weighted by molar-refractivity contribution is 6.04. The molecule has 180 valence electrons. The molecule has 0 bridgehead atoms. The zero-order chi connectivity index (χ0) is 24.8. The molecule has 0 saturated heterocycles. The third kappa shape index (κ3) is 5.81. The maximum Gasteiger partial charge on any atom is 0.338 e. The first kappa shape index (κ1) is 23.9. The molecule has 1 aliphatic rings. The van der Waals surface area contributed by atoms with Crippen LogP contribution in [0.25, 0.3) is 5.70 Å². The van der Waals surface area contributed by atoms with Gasteiger partial charge in [-0.3, -0.25) is 0 Å². The number of esters is 1. The first-order valence-electron chi connectivity index (χ1n) is 11.4. The van der Waals surface area contributed by atoms with E-state index in [2.05, 4.69) is 10.6 Å². The van der Waals surface area contributed by atoms with Crippen molar-refractivity contribution in [2.24, 2.45) is 0 Å². The number of carbonyl (C=O) groups is 2. The lowest BCUT2D eigenvalue weighted by Gasteiger charge is -2.30. The van der Waals surface area contributed by atoms with Crippen LogP contribution in [0.5, 0.6) is 11.5 Å².